The fourth-order valence-corrected chi connectivity index (χ4v) is 1.49. The molecule has 70 valence electrons. The topological polar surface area (TPSA) is 58.4 Å². The third-order valence-corrected chi connectivity index (χ3v) is 2.37. The number of primary amides is 1. The number of piperazine rings is 1. The maximum Gasteiger partial charge on any atom is 0.217 e. The molecule has 1 amide bonds. The van der Waals surface area contributed by atoms with Crippen LogP contribution in [0.2, 0.25) is 0 Å². The van der Waals surface area contributed by atoms with Crippen LogP contribution in [0.1, 0.15) is 12.8 Å². The van der Waals surface area contributed by atoms with Gasteiger partial charge in [0, 0.05) is 32.1 Å². The summed E-state index contributed by atoms with van der Waals surface area (Å²) in [6, 6.07) is 0.478. The van der Waals surface area contributed by atoms with Crippen LogP contribution in [0.3, 0.4) is 0 Å². The van der Waals surface area contributed by atoms with Gasteiger partial charge in [0.1, 0.15) is 0 Å². The van der Waals surface area contributed by atoms with E-state index >= 15 is 0 Å². The standard InChI is InChI=1S/C8H17N3O/c1-11-5-4-10-6-7(11)2-3-8(9)12/h7,10H,2-6H2,1H3,(H2,9,12). The normalized spacial score (nSPS) is 25.6. The van der Waals surface area contributed by atoms with Gasteiger partial charge in [-0.25, -0.2) is 0 Å². The number of nitrogens with one attached hydrogen (secondary N) is 1. The maximum atomic E-state index is 10.5. The van der Waals surface area contributed by atoms with E-state index in [2.05, 4.69) is 17.3 Å². The predicted octanol–water partition coefficient (Wildman–Crippen LogP) is -0.844. The fourth-order valence-electron chi connectivity index (χ4n) is 1.49. The van der Waals surface area contributed by atoms with Gasteiger partial charge in [-0.3, -0.25) is 4.79 Å². The summed E-state index contributed by atoms with van der Waals surface area (Å²) in [5, 5.41) is 3.30. The summed E-state index contributed by atoms with van der Waals surface area (Å²) in [5.41, 5.74) is 5.08. The lowest BCUT2D eigenvalue weighted by molar-refractivity contribution is -0.118. The second-order valence-electron chi connectivity index (χ2n) is 3.34. The number of likely N-dealkylation sites (N-methyl/N-ethyl adjacent to an activating group) is 1. The lowest BCUT2D eigenvalue weighted by Gasteiger charge is -2.32. The Morgan fingerprint density at radius 2 is 2.50 bits per heavy atom. The molecular weight excluding hydrogens is 154 g/mol. The molecule has 0 radical (unpaired) electrons. The van der Waals surface area contributed by atoms with E-state index in [4.69, 9.17) is 5.73 Å². The van der Waals surface area contributed by atoms with Gasteiger partial charge in [0.15, 0.2) is 0 Å². The molecule has 1 fully saturated rings. The quantitative estimate of drug-likeness (QED) is 0.582. The first-order valence-electron chi connectivity index (χ1n) is 4.39. The van der Waals surface area contributed by atoms with Gasteiger partial charge in [-0.2, -0.15) is 0 Å². The Kier molecular flexibility index (Phi) is 3.49. The molecule has 0 spiro atoms. The molecule has 1 saturated heterocycles. The third-order valence-electron chi connectivity index (χ3n) is 2.37. The molecule has 12 heavy (non-hydrogen) atoms. The van der Waals surface area contributed by atoms with Crippen molar-refractivity contribution < 1.29 is 4.79 Å². The Labute approximate surface area is 73.1 Å². The molecule has 0 bridgehead atoms. The number of rotatable bonds is 3. The second-order valence-corrected chi connectivity index (χ2v) is 3.34. The zero-order valence-electron chi connectivity index (χ0n) is 7.55. The summed E-state index contributed by atoms with van der Waals surface area (Å²) < 4.78 is 0. The Morgan fingerprint density at radius 3 is 3.08 bits per heavy atom. The summed E-state index contributed by atoms with van der Waals surface area (Å²) in [6.07, 6.45) is 1.37. The largest absolute Gasteiger partial charge is 0.370 e. The van der Waals surface area contributed by atoms with Crippen LogP contribution in [-0.2, 0) is 4.79 Å². The highest BCUT2D eigenvalue weighted by Crippen LogP contribution is 2.06. The molecule has 0 aromatic carbocycles. The highest BCUT2D eigenvalue weighted by Gasteiger charge is 2.18. The third kappa shape index (κ3) is 2.79. The Morgan fingerprint density at radius 1 is 1.75 bits per heavy atom. The smallest absolute Gasteiger partial charge is 0.217 e. The van der Waals surface area contributed by atoms with Crippen molar-refractivity contribution in [3.05, 3.63) is 0 Å². The summed E-state index contributed by atoms with van der Waals surface area (Å²) in [5.74, 6) is -0.200. The van der Waals surface area contributed by atoms with Crippen molar-refractivity contribution in [3.8, 4) is 0 Å². The van der Waals surface area contributed by atoms with Crippen LogP contribution in [0.5, 0.6) is 0 Å². The predicted molar refractivity (Wildman–Crippen MR) is 47.7 cm³/mol. The number of carbonyl (C=O) groups is 1. The van der Waals surface area contributed by atoms with Crippen LogP contribution in [0, 0.1) is 0 Å². The molecular formula is C8H17N3O. The molecule has 3 N–H and O–H groups in total. The van der Waals surface area contributed by atoms with Crippen molar-refractivity contribution in [2.24, 2.45) is 5.73 Å². The minimum absolute atomic E-state index is 0.200. The average Bonchev–Trinajstić information content (AvgIpc) is 2.03. The highest BCUT2D eigenvalue weighted by molar-refractivity contribution is 5.73. The minimum atomic E-state index is -0.200. The Hall–Kier alpha value is -0.610. The number of hydrogen-bond acceptors (Lipinski definition) is 3. The van der Waals surface area contributed by atoms with Gasteiger partial charge in [-0.05, 0) is 13.5 Å². The van der Waals surface area contributed by atoms with Crippen LogP contribution in [0.25, 0.3) is 0 Å². The minimum Gasteiger partial charge on any atom is -0.370 e. The molecule has 1 aliphatic rings. The molecule has 4 heteroatoms. The SMILES string of the molecule is CN1CCNCC1CCC(N)=O. The van der Waals surface area contributed by atoms with Crippen molar-refractivity contribution in [2.75, 3.05) is 26.7 Å². The zero-order chi connectivity index (χ0) is 8.97. The lowest BCUT2D eigenvalue weighted by atomic mass is 10.1. The van der Waals surface area contributed by atoms with E-state index in [1.807, 2.05) is 0 Å². The van der Waals surface area contributed by atoms with Crippen LogP contribution in [0.4, 0.5) is 0 Å². The molecule has 0 saturated carbocycles. The summed E-state index contributed by atoms with van der Waals surface area (Å²) in [6.45, 7) is 3.08. The Balaban J connectivity index is 2.24. The van der Waals surface area contributed by atoms with Crippen molar-refractivity contribution >= 4 is 5.91 Å². The first kappa shape index (κ1) is 9.48. The summed E-state index contributed by atoms with van der Waals surface area (Å²) in [7, 11) is 2.09. The molecule has 1 heterocycles. The van der Waals surface area contributed by atoms with Gasteiger partial charge >= 0.3 is 0 Å². The maximum absolute atomic E-state index is 10.5. The van der Waals surface area contributed by atoms with E-state index in [-0.39, 0.29) is 5.91 Å². The molecule has 1 unspecified atom stereocenters. The molecule has 1 aliphatic heterocycles. The van der Waals surface area contributed by atoms with Crippen molar-refractivity contribution in [1.29, 1.82) is 0 Å². The van der Waals surface area contributed by atoms with Gasteiger partial charge in [0.05, 0.1) is 0 Å². The van der Waals surface area contributed by atoms with E-state index in [0.29, 0.717) is 12.5 Å². The zero-order valence-corrected chi connectivity index (χ0v) is 7.55. The van der Waals surface area contributed by atoms with Crippen LogP contribution >= 0.6 is 0 Å². The van der Waals surface area contributed by atoms with E-state index in [0.717, 1.165) is 26.1 Å². The number of amides is 1. The first-order chi connectivity index (χ1) is 5.70. The van der Waals surface area contributed by atoms with Crippen LogP contribution in [0.15, 0.2) is 0 Å². The molecule has 0 aromatic heterocycles. The van der Waals surface area contributed by atoms with Gasteiger partial charge in [-0.15, -0.1) is 0 Å². The van der Waals surface area contributed by atoms with E-state index < -0.39 is 0 Å². The van der Waals surface area contributed by atoms with Crippen LogP contribution < -0.4 is 11.1 Å². The van der Waals surface area contributed by atoms with Gasteiger partial charge in [-0.1, -0.05) is 0 Å². The summed E-state index contributed by atoms with van der Waals surface area (Å²) in [4.78, 5) is 12.8. The molecule has 4 nitrogen and oxygen atoms in total. The first-order valence-corrected chi connectivity index (χ1v) is 4.39. The summed E-state index contributed by atoms with van der Waals surface area (Å²) >= 11 is 0. The number of carbonyl (C=O) groups excluding carboxylic acids is 1. The van der Waals surface area contributed by atoms with E-state index in [1.54, 1.807) is 0 Å². The monoisotopic (exact) mass is 171 g/mol. The average molecular weight is 171 g/mol. The van der Waals surface area contributed by atoms with E-state index in [9.17, 15) is 4.79 Å². The number of nitrogens with two attached hydrogens (primary N) is 1. The highest BCUT2D eigenvalue weighted by atomic mass is 16.1. The van der Waals surface area contributed by atoms with Gasteiger partial charge in [0.2, 0.25) is 5.91 Å². The van der Waals surface area contributed by atoms with Crippen LogP contribution in [-0.4, -0.2) is 43.5 Å². The molecule has 0 aliphatic carbocycles. The second kappa shape index (κ2) is 4.42. The molecule has 0 aromatic rings. The fraction of sp³-hybridized carbons (Fsp3) is 0.875. The van der Waals surface area contributed by atoms with Crippen molar-refractivity contribution in [2.45, 2.75) is 18.9 Å². The Bertz CT molecular complexity index is 160. The van der Waals surface area contributed by atoms with Gasteiger partial charge < -0.3 is 16.0 Å². The number of nitrogens with zero attached hydrogens (tertiary/aromatic N) is 1. The lowest BCUT2D eigenvalue weighted by Crippen LogP contribution is -2.49. The number of hydrogen-bond donors (Lipinski definition) is 2. The van der Waals surface area contributed by atoms with E-state index in [1.165, 1.54) is 0 Å². The van der Waals surface area contributed by atoms with Gasteiger partial charge in [0.25, 0.3) is 0 Å². The van der Waals surface area contributed by atoms with Crippen molar-refractivity contribution in [1.82, 2.24) is 10.2 Å². The molecule has 1 rings (SSSR count). The van der Waals surface area contributed by atoms with Crippen molar-refractivity contribution in [3.63, 3.8) is 0 Å². The molecule has 1 atom stereocenters.